The lowest BCUT2D eigenvalue weighted by molar-refractivity contribution is 0.0696. The van der Waals surface area contributed by atoms with Gasteiger partial charge in [0.1, 0.15) is 9.81 Å². The van der Waals surface area contributed by atoms with Gasteiger partial charge in [-0.3, -0.25) is 34.1 Å². The fourth-order valence-corrected chi connectivity index (χ4v) is 7.46. The van der Waals surface area contributed by atoms with Gasteiger partial charge in [0.05, 0.1) is 21.8 Å². The summed E-state index contributed by atoms with van der Waals surface area (Å²) in [5.41, 5.74) is 3.95. The van der Waals surface area contributed by atoms with Crippen LogP contribution in [-0.4, -0.2) is 79.0 Å². The minimum absolute atomic E-state index is 0.0207. The zero-order chi connectivity index (χ0) is 42.3. The first-order chi connectivity index (χ1) is 27.1. The van der Waals surface area contributed by atoms with E-state index >= 15 is 0 Å². The average Bonchev–Trinajstić information content (AvgIpc) is 3.13. The van der Waals surface area contributed by atoms with Gasteiger partial charge in [0, 0.05) is 22.5 Å². The molecule has 0 aromatic heterocycles. The van der Waals surface area contributed by atoms with Crippen LogP contribution in [0.1, 0.15) is 47.8 Å². The minimum atomic E-state index is -5.07. The highest BCUT2D eigenvalue weighted by atomic mass is 32.2. The number of amides is 2. The number of nitrogens with zero attached hydrogens (tertiary/aromatic N) is 2. The number of carboxylic acids is 1. The molecule has 298 valence electrons. The van der Waals surface area contributed by atoms with Gasteiger partial charge in [0.2, 0.25) is 11.6 Å². The Labute approximate surface area is 327 Å². The lowest BCUT2D eigenvalue weighted by Gasteiger charge is -2.18. The maximum Gasteiger partial charge on any atom is 0.335 e. The molecule has 0 atom stereocenters. The van der Waals surface area contributed by atoms with Crippen molar-refractivity contribution in [3.8, 4) is 0 Å². The van der Waals surface area contributed by atoms with Crippen molar-refractivity contribution in [3.05, 3.63) is 122 Å². The Bertz CT molecular complexity index is 2960. The molecule has 0 bridgehead atoms. The van der Waals surface area contributed by atoms with Crippen molar-refractivity contribution in [2.45, 2.75) is 11.8 Å². The minimum Gasteiger partial charge on any atom is -0.478 e. The van der Waals surface area contributed by atoms with Crippen LogP contribution < -0.4 is 21.5 Å². The first-order valence-corrected chi connectivity index (χ1v) is 20.4. The van der Waals surface area contributed by atoms with Crippen LogP contribution in [0, 0.1) is 6.92 Å². The molecular formula is C35H26N6O14S3. The zero-order valence-corrected chi connectivity index (χ0v) is 31.6. The van der Waals surface area contributed by atoms with E-state index < -0.39 is 80.1 Å². The summed E-state index contributed by atoms with van der Waals surface area (Å²) in [5, 5.41) is 21.7. The van der Waals surface area contributed by atoms with Gasteiger partial charge in [-0.2, -0.15) is 35.5 Å². The number of allylic oxidation sites excluding steroid dienone is 2. The van der Waals surface area contributed by atoms with E-state index in [2.05, 4.69) is 31.7 Å². The van der Waals surface area contributed by atoms with Crippen LogP contribution in [0.4, 0.5) is 27.5 Å². The third-order valence-corrected chi connectivity index (χ3v) is 10.9. The summed E-state index contributed by atoms with van der Waals surface area (Å²) in [7, 11) is -14.6. The molecule has 8 N–H and O–H groups in total. The van der Waals surface area contributed by atoms with Crippen LogP contribution in [0.15, 0.2) is 104 Å². The van der Waals surface area contributed by atoms with Gasteiger partial charge in [-0.15, -0.1) is 0 Å². The lowest BCUT2D eigenvalue weighted by atomic mass is 9.94. The fourth-order valence-electron chi connectivity index (χ4n) is 5.58. The molecular weight excluding hydrogens is 825 g/mol. The van der Waals surface area contributed by atoms with Crippen molar-refractivity contribution < 1.29 is 63.2 Å². The number of ketones is 2. The summed E-state index contributed by atoms with van der Waals surface area (Å²) in [5.74, 6) is -3.04. The molecule has 2 aliphatic carbocycles. The average molecular weight is 851 g/mol. The Hall–Kier alpha value is -6.89. The van der Waals surface area contributed by atoms with Crippen molar-refractivity contribution in [3.63, 3.8) is 0 Å². The Morgan fingerprint density at radius 1 is 0.586 bits per heavy atom. The van der Waals surface area contributed by atoms with Crippen LogP contribution in [-0.2, 0) is 30.4 Å². The molecule has 0 saturated heterocycles. The molecule has 4 aromatic carbocycles. The van der Waals surface area contributed by atoms with Gasteiger partial charge in [0.25, 0.3) is 30.4 Å². The van der Waals surface area contributed by atoms with Crippen LogP contribution in [0.3, 0.4) is 0 Å². The van der Waals surface area contributed by atoms with E-state index in [0.717, 1.165) is 24.3 Å². The molecule has 0 unspecified atom stereocenters. The highest BCUT2D eigenvalue weighted by Crippen LogP contribution is 2.31. The molecule has 0 fully saturated rings. The Balaban J connectivity index is 1.21. The van der Waals surface area contributed by atoms with E-state index in [9.17, 15) is 58.1 Å². The number of carbonyl (C=O) groups excluding carboxylic acids is 3. The molecule has 0 radical (unpaired) electrons. The monoisotopic (exact) mass is 850 g/mol. The maximum absolute atomic E-state index is 13.4. The van der Waals surface area contributed by atoms with E-state index in [4.69, 9.17) is 5.11 Å². The number of hydrogen-bond acceptors (Lipinski definition) is 14. The second kappa shape index (κ2) is 15.2. The van der Waals surface area contributed by atoms with Crippen LogP contribution in [0.25, 0.3) is 12.2 Å². The molecule has 58 heavy (non-hydrogen) atoms. The topological polar surface area (TPSA) is 324 Å². The molecule has 0 saturated carbocycles. The number of aromatic carboxylic acids is 1. The highest BCUT2D eigenvalue weighted by Gasteiger charge is 2.34. The number of fused-ring (bicyclic) bond motifs is 2. The predicted octanol–water partition coefficient (Wildman–Crippen LogP) is 4.37. The molecule has 4 aromatic rings. The number of rotatable bonds is 10. The smallest absolute Gasteiger partial charge is 0.335 e. The lowest BCUT2D eigenvalue weighted by Crippen LogP contribution is -2.27. The fraction of sp³-hybridized carbons (Fsp3) is 0.0286. The number of hydrazone groups is 2. The number of benzene rings is 4. The van der Waals surface area contributed by atoms with Crippen molar-refractivity contribution in [2.24, 2.45) is 10.2 Å². The van der Waals surface area contributed by atoms with E-state index in [0.29, 0.717) is 0 Å². The number of aryl methyl sites for hydroxylation is 1. The summed E-state index contributed by atoms with van der Waals surface area (Å²) >= 11 is 0. The third-order valence-electron chi connectivity index (χ3n) is 8.35. The Kier molecular flexibility index (Phi) is 10.7. The third kappa shape index (κ3) is 8.73. The van der Waals surface area contributed by atoms with Gasteiger partial charge in [0.15, 0.2) is 11.4 Å². The molecule has 6 rings (SSSR count). The molecule has 20 nitrogen and oxygen atoms in total. The summed E-state index contributed by atoms with van der Waals surface area (Å²) in [6.45, 7) is 1.45. The number of carbonyl (C=O) groups is 4. The number of nitrogens with one attached hydrogen (secondary N) is 4. The number of Topliss-reactive ketones (excluding diaryl/α,β-unsaturated/α-hetero) is 2. The second-order valence-corrected chi connectivity index (χ2v) is 16.5. The summed E-state index contributed by atoms with van der Waals surface area (Å²) < 4.78 is 101. The maximum atomic E-state index is 13.4. The van der Waals surface area contributed by atoms with Crippen molar-refractivity contribution in [1.29, 1.82) is 0 Å². The quantitative estimate of drug-likeness (QED) is 0.0811. The SMILES string of the molecule is Cc1cc(S(=O)(=O)O)ccc1N/N=C1\C(=O)c2ccc(NC(=O)Nc3ccc4c(c3)C=C(S(=O)(=O)O)/C(=N\Nc3ccc(C(=O)O)cc3)C4=O)cc2C=C1S(=O)(=O)O. The first-order valence-electron chi connectivity index (χ1n) is 16.0. The largest absolute Gasteiger partial charge is 0.478 e. The van der Waals surface area contributed by atoms with Gasteiger partial charge in [-0.05, 0) is 115 Å². The van der Waals surface area contributed by atoms with E-state index in [-0.39, 0.29) is 56.1 Å². The highest BCUT2D eigenvalue weighted by molar-refractivity contribution is 7.91. The van der Waals surface area contributed by atoms with Gasteiger partial charge < -0.3 is 15.7 Å². The van der Waals surface area contributed by atoms with Crippen LogP contribution >= 0.6 is 0 Å². The van der Waals surface area contributed by atoms with E-state index in [1.54, 1.807) is 0 Å². The van der Waals surface area contributed by atoms with E-state index in [1.807, 2.05) is 0 Å². The molecule has 2 aliphatic rings. The Morgan fingerprint density at radius 2 is 1.05 bits per heavy atom. The van der Waals surface area contributed by atoms with Gasteiger partial charge in [-0.25, -0.2) is 9.59 Å². The number of urea groups is 1. The number of hydrogen-bond donors (Lipinski definition) is 8. The van der Waals surface area contributed by atoms with Gasteiger partial charge >= 0.3 is 12.0 Å². The van der Waals surface area contributed by atoms with Crippen molar-refractivity contribution >= 4 is 100 Å². The summed E-state index contributed by atoms with van der Waals surface area (Å²) in [6, 6.07) is 15.2. The summed E-state index contributed by atoms with van der Waals surface area (Å²) in [6.07, 6.45) is 1.89. The van der Waals surface area contributed by atoms with Crippen molar-refractivity contribution in [2.75, 3.05) is 21.5 Å². The Morgan fingerprint density at radius 3 is 1.48 bits per heavy atom. The molecule has 23 heteroatoms. The molecule has 0 heterocycles. The standard InChI is InChI=1S/C35H26N6O14S3/c1-17-12-24(56(47,48)49)8-11-27(17)39-41-31-29(58(53,54)55)16-20-14-23(7-10-26(20)33(31)43)37-35(46)36-22-6-9-25-19(13-22)15-28(57(50,51)52)30(32(25)42)40-38-21-4-2-18(3-5-21)34(44)45/h2-16,38-39H,1H3,(H,44,45)(H2,36,37,46)(H,47,48,49)(H,50,51,52)(H,53,54,55)/b40-30+,41-31-. The first kappa shape index (κ1) is 40.8. The number of carboxylic acid groups (broad SMARTS) is 1. The zero-order valence-electron chi connectivity index (χ0n) is 29.2. The second-order valence-electron chi connectivity index (χ2n) is 12.3. The van der Waals surface area contributed by atoms with Crippen LogP contribution in [0.2, 0.25) is 0 Å². The van der Waals surface area contributed by atoms with Crippen LogP contribution in [0.5, 0.6) is 0 Å². The van der Waals surface area contributed by atoms with Gasteiger partial charge in [-0.1, -0.05) is 0 Å². The molecule has 2 amide bonds. The normalized spacial score (nSPS) is 15.5. The van der Waals surface area contributed by atoms with E-state index in [1.165, 1.54) is 73.7 Å². The predicted molar refractivity (Wildman–Crippen MR) is 210 cm³/mol. The summed E-state index contributed by atoms with van der Waals surface area (Å²) in [4.78, 5) is 48.7. The molecule has 0 spiro atoms. The molecule has 0 aliphatic heterocycles. The number of anilines is 4. The van der Waals surface area contributed by atoms with Crippen molar-refractivity contribution in [1.82, 2.24) is 0 Å².